The smallest absolute Gasteiger partial charge is 0.354 e. The van der Waals surface area contributed by atoms with Gasteiger partial charge in [0, 0.05) is 24.2 Å². The molecule has 88 valence electrons. The summed E-state index contributed by atoms with van der Waals surface area (Å²) in [6.45, 7) is 0. The third-order valence-corrected chi connectivity index (χ3v) is 2.70. The molecule has 0 saturated carbocycles. The molecule has 0 aliphatic rings. The zero-order valence-corrected chi connectivity index (χ0v) is 9.32. The van der Waals surface area contributed by atoms with Crippen molar-refractivity contribution < 1.29 is 9.90 Å². The van der Waals surface area contributed by atoms with Crippen molar-refractivity contribution in [3.05, 3.63) is 54.6 Å². The highest BCUT2D eigenvalue weighted by Gasteiger charge is 2.08. The Bertz CT molecular complexity index is 734. The zero-order valence-electron chi connectivity index (χ0n) is 9.32. The zero-order chi connectivity index (χ0) is 12.5. The molecule has 0 spiro atoms. The highest BCUT2D eigenvalue weighted by molar-refractivity contribution is 5.87. The van der Waals surface area contributed by atoms with E-state index in [1.807, 2.05) is 28.8 Å². The predicted octanol–water partition coefficient (Wildman–Crippen LogP) is 2.09. The van der Waals surface area contributed by atoms with Gasteiger partial charge in [-0.1, -0.05) is 6.07 Å². The summed E-state index contributed by atoms with van der Waals surface area (Å²) in [5.74, 6) is -1.03. The second kappa shape index (κ2) is 3.96. The van der Waals surface area contributed by atoms with Crippen LogP contribution >= 0.6 is 0 Å². The molecular formula is C13H9N3O2. The molecule has 0 unspecified atom stereocenters. The van der Waals surface area contributed by atoms with E-state index in [9.17, 15) is 4.79 Å². The van der Waals surface area contributed by atoms with Crippen molar-refractivity contribution in [3.8, 4) is 11.3 Å². The van der Waals surface area contributed by atoms with E-state index in [4.69, 9.17) is 5.11 Å². The van der Waals surface area contributed by atoms with E-state index < -0.39 is 5.97 Å². The van der Waals surface area contributed by atoms with Crippen LogP contribution in [0.2, 0.25) is 0 Å². The number of rotatable bonds is 2. The summed E-state index contributed by atoms with van der Waals surface area (Å²) in [5.41, 5.74) is 2.53. The summed E-state index contributed by atoms with van der Waals surface area (Å²) in [7, 11) is 0. The summed E-state index contributed by atoms with van der Waals surface area (Å²) in [6, 6.07) is 9.02. The first-order valence-electron chi connectivity index (χ1n) is 5.37. The predicted molar refractivity (Wildman–Crippen MR) is 65.4 cm³/mol. The highest BCUT2D eigenvalue weighted by atomic mass is 16.4. The van der Waals surface area contributed by atoms with Crippen LogP contribution in [-0.4, -0.2) is 25.4 Å². The number of aromatic nitrogens is 3. The van der Waals surface area contributed by atoms with Gasteiger partial charge in [0.15, 0.2) is 0 Å². The Balaban J connectivity index is 2.23. The number of aromatic carboxylic acids is 1. The van der Waals surface area contributed by atoms with Crippen LogP contribution < -0.4 is 0 Å². The molecule has 3 aromatic rings. The van der Waals surface area contributed by atoms with Crippen molar-refractivity contribution >= 4 is 11.6 Å². The lowest BCUT2D eigenvalue weighted by molar-refractivity contribution is 0.0690. The lowest BCUT2D eigenvalue weighted by Crippen LogP contribution is -2.00. The van der Waals surface area contributed by atoms with Crippen LogP contribution in [0.3, 0.4) is 0 Å². The Morgan fingerprint density at radius 3 is 2.89 bits per heavy atom. The number of carboxylic acid groups (broad SMARTS) is 1. The third kappa shape index (κ3) is 1.62. The first kappa shape index (κ1) is 10.5. The van der Waals surface area contributed by atoms with E-state index in [0.717, 1.165) is 16.9 Å². The van der Waals surface area contributed by atoms with Crippen molar-refractivity contribution in [1.29, 1.82) is 0 Å². The van der Waals surface area contributed by atoms with E-state index in [2.05, 4.69) is 9.97 Å². The number of nitrogens with zero attached hydrogens (tertiary/aromatic N) is 3. The SMILES string of the molecule is O=C(O)c1cc(-c2cccc3nccn23)ccn1. The Morgan fingerprint density at radius 1 is 1.17 bits per heavy atom. The molecule has 0 aliphatic carbocycles. The normalized spacial score (nSPS) is 10.7. The van der Waals surface area contributed by atoms with Gasteiger partial charge in [-0.3, -0.25) is 4.40 Å². The Morgan fingerprint density at radius 2 is 2.06 bits per heavy atom. The van der Waals surface area contributed by atoms with Crippen LogP contribution in [0.1, 0.15) is 10.5 Å². The maximum absolute atomic E-state index is 10.9. The van der Waals surface area contributed by atoms with Gasteiger partial charge in [-0.15, -0.1) is 0 Å². The van der Waals surface area contributed by atoms with Gasteiger partial charge in [-0.05, 0) is 24.3 Å². The van der Waals surface area contributed by atoms with E-state index in [0.29, 0.717) is 0 Å². The second-order valence-electron chi connectivity index (χ2n) is 3.80. The molecule has 3 heterocycles. The fraction of sp³-hybridized carbons (Fsp3) is 0. The van der Waals surface area contributed by atoms with Crippen LogP contribution in [0.25, 0.3) is 16.9 Å². The van der Waals surface area contributed by atoms with E-state index in [-0.39, 0.29) is 5.69 Å². The Labute approximate surface area is 102 Å². The van der Waals surface area contributed by atoms with Gasteiger partial charge in [0.05, 0.1) is 5.69 Å². The first-order chi connectivity index (χ1) is 8.75. The van der Waals surface area contributed by atoms with E-state index in [1.165, 1.54) is 6.20 Å². The molecule has 0 amide bonds. The van der Waals surface area contributed by atoms with Crippen molar-refractivity contribution in [2.75, 3.05) is 0 Å². The third-order valence-electron chi connectivity index (χ3n) is 2.70. The molecule has 0 atom stereocenters. The Hall–Kier alpha value is -2.69. The lowest BCUT2D eigenvalue weighted by atomic mass is 10.1. The second-order valence-corrected chi connectivity index (χ2v) is 3.80. The maximum Gasteiger partial charge on any atom is 0.354 e. The standard InChI is InChI=1S/C13H9N3O2/c17-13(18)10-8-9(4-5-14-10)11-2-1-3-12-15-6-7-16(11)12/h1-8H,(H,17,18). The van der Waals surface area contributed by atoms with Crippen LogP contribution in [0, 0.1) is 0 Å². The number of carbonyl (C=O) groups is 1. The molecule has 5 heteroatoms. The van der Waals surface area contributed by atoms with Crippen LogP contribution in [0.5, 0.6) is 0 Å². The monoisotopic (exact) mass is 239 g/mol. The van der Waals surface area contributed by atoms with Crippen molar-refractivity contribution in [1.82, 2.24) is 14.4 Å². The summed E-state index contributed by atoms with van der Waals surface area (Å²) in [6.07, 6.45) is 5.04. The van der Waals surface area contributed by atoms with Gasteiger partial charge in [0.25, 0.3) is 0 Å². The highest BCUT2D eigenvalue weighted by Crippen LogP contribution is 2.20. The van der Waals surface area contributed by atoms with Gasteiger partial charge in [-0.25, -0.2) is 14.8 Å². The molecule has 1 N–H and O–H groups in total. The van der Waals surface area contributed by atoms with Gasteiger partial charge < -0.3 is 5.11 Å². The summed E-state index contributed by atoms with van der Waals surface area (Å²) in [5, 5.41) is 8.95. The molecule has 0 aromatic carbocycles. The molecule has 0 aliphatic heterocycles. The number of imidazole rings is 1. The molecule has 18 heavy (non-hydrogen) atoms. The van der Waals surface area contributed by atoms with Gasteiger partial charge >= 0.3 is 5.97 Å². The Kier molecular flexibility index (Phi) is 2.30. The van der Waals surface area contributed by atoms with Crippen molar-refractivity contribution in [3.63, 3.8) is 0 Å². The number of hydrogen-bond donors (Lipinski definition) is 1. The van der Waals surface area contributed by atoms with Crippen LogP contribution in [0.4, 0.5) is 0 Å². The number of pyridine rings is 2. The fourth-order valence-electron chi connectivity index (χ4n) is 1.89. The molecule has 3 rings (SSSR count). The minimum Gasteiger partial charge on any atom is -0.477 e. The minimum atomic E-state index is -1.03. The number of hydrogen-bond acceptors (Lipinski definition) is 3. The molecule has 0 radical (unpaired) electrons. The number of fused-ring (bicyclic) bond motifs is 1. The summed E-state index contributed by atoms with van der Waals surface area (Å²) >= 11 is 0. The van der Waals surface area contributed by atoms with Crippen LogP contribution in [0.15, 0.2) is 48.9 Å². The molecular weight excluding hydrogens is 230 g/mol. The lowest BCUT2D eigenvalue weighted by Gasteiger charge is -2.05. The van der Waals surface area contributed by atoms with Crippen molar-refractivity contribution in [2.45, 2.75) is 0 Å². The average Bonchev–Trinajstić information content (AvgIpc) is 2.87. The molecule has 0 bridgehead atoms. The number of carboxylic acids is 1. The minimum absolute atomic E-state index is 0.0321. The summed E-state index contributed by atoms with van der Waals surface area (Å²) in [4.78, 5) is 18.9. The molecule has 0 fully saturated rings. The topological polar surface area (TPSA) is 67.5 Å². The molecule has 5 nitrogen and oxygen atoms in total. The fourth-order valence-corrected chi connectivity index (χ4v) is 1.89. The quantitative estimate of drug-likeness (QED) is 0.743. The van der Waals surface area contributed by atoms with Crippen LogP contribution in [-0.2, 0) is 0 Å². The molecule has 3 aromatic heterocycles. The van der Waals surface area contributed by atoms with Gasteiger partial charge in [0.1, 0.15) is 11.3 Å². The largest absolute Gasteiger partial charge is 0.477 e. The van der Waals surface area contributed by atoms with Gasteiger partial charge in [0.2, 0.25) is 0 Å². The van der Waals surface area contributed by atoms with E-state index in [1.54, 1.807) is 18.3 Å². The summed E-state index contributed by atoms with van der Waals surface area (Å²) < 4.78 is 1.90. The molecule has 0 saturated heterocycles. The van der Waals surface area contributed by atoms with Gasteiger partial charge in [-0.2, -0.15) is 0 Å². The van der Waals surface area contributed by atoms with Crippen molar-refractivity contribution in [2.24, 2.45) is 0 Å². The average molecular weight is 239 g/mol. The maximum atomic E-state index is 10.9. The first-order valence-corrected chi connectivity index (χ1v) is 5.37. The van der Waals surface area contributed by atoms with E-state index >= 15 is 0 Å².